The van der Waals surface area contributed by atoms with E-state index < -0.39 is 0 Å². The van der Waals surface area contributed by atoms with Gasteiger partial charge >= 0.3 is 0 Å². The number of nitrogens with two attached hydrogens (primary N) is 1. The lowest BCUT2D eigenvalue weighted by Crippen LogP contribution is -2.30. The number of hydrogen-bond donors (Lipinski definition) is 1. The summed E-state index contributed by atoms with van der Waals surface area (Å²) in [4.78, 5) is 1.49. The molecule has 16 heavy (non-hydrogen) atoms. The second-order valence-corrected chi connectivity index (χ2v) is 7.17. The van der Waals surface area contributed by atoms with Gasteiger partial charge in [0.05, 0.1) is 0 Å². The molecule has 2 N–H and O–H groups in total. The first-order chi connectivity index (χ1) is 7.83. The Morgan fingerprint density at radius 1 is 1.25 bits per heavy atom. The summed E-state index contributed by atoms with van der Waals surface area (Å²) in [6, 6.07) is 9.26. The molecular formula is C13H17NS2. The normalized spacial score (nSPS) is 32.9. The van der Waals surface area contributed by atoms with Crippen molar-refractivity contribution in [1.29, 1.82) is 0 Å². The highest BCUT2D eigenvalue weighted by atomic mass is 32.2. The number of thioether (sulfide) groups is 2. The Morgan fingerprint density at radius 2 is 2.12 bits per heavy atom. The van der Waals surface area contributed by atoms with E-state index >= 15 is 0 Å². The van der Waals surface area contributed by atoms with Gasteiger partial charge in [-0.3, -0.25) is 0 Å². The van der Waals surface area contributed by atoms with E-state index in [0.29, 0.717) is 6.04 Å². The molecule has 2 heterocycles. The molecule has 1 fully saturated rings. The summed E-state index contributed by atoms with van der Waals surface area (Å²) in [5, 5.41) is 0.771. The van der Waals surface area contributed by atoms with Crippen LogP contribution in [0.2, 0.25) is 0 Å². The van der Waals surface area contributed by atoms with E-state index in [0.717, 1.165) is 16.9 Å². The van der Waals surface area contributed by atoms with Crippen molar-refractivity contribution in [2.24, 2.45) is 11.7 Å². The molecule has 0 radical (unpaired) electrons. The fourth-order valence-electron chi connectivity index (χ4n) is 2.58. The van der Waals surface area contributed by atoms with Crippen LogP contribution < -0.4 is 5.73 Å². The van der Waals surface area contributed by atoms with Gasteiger partial charge in [-0.25, -0.2) is 0 Å². The van der Waals surface area contributed by atoms with Crippen molar-refractivity contribution < 1.29 is 0 Å². The lowest BCUT2D eigenvalue weighted by molar-refractivity contribution is 0.473. The molecule has 3 rings (SSSR count). The van der Waals surface area contributed by atoms with Crippen molar-refractivity contribution in [3.63, 3.8) is 0 Å². The SMILES string of the molecule is NC1CSCC1CC1Cc2ccccc2S1. The molecule has 0 aliphatic carbocycles. The maximum Gasteiger partial charge on any atom is 0.0167 e. The van der Waals surface area contributed by atoms with Crippen molar-refractivity contribution in [2.75, 3.05) is 11.5 Å². The molecule has 1 nitrogen and oxygen atoms in total. The first-order valence-electron chi connectivity index (χ1n) is 5.91. The molecule has 2 aliphatic rings. The first-order valence-corrected chi connectivity index (χ1v) is 7.94. The zero-order chi connectivity index (χ0) is 11.0. The van der Waals surface area contributed by atoms with Gasteiger partial charge in [0.1, 0.15) is 0 Å². The fourth-order valence-corrected chi connectivity index (χ4v) is 5.37. The molecule has 1 saturated heterocycles. The minimum atomic E-state index is 0.439. The Bertz CT molecular complexity index is 355. The summed E-state index contributed by atoms with van der Waals surface area (Å²) in [7, 11) is 0. The maximum atomic E-state index is 6.13. The van der Waals surface area contributed by atoms with Gasteiger partial charge in [0.15, 0.2) is 0 Å². The highest BCUT2D eigenvalue weighted by Crippen LogP contribution is 2.41. The Labute approximate surface area is 106 Å². The number of rotatable bonds is 2. The Morgan fingerprint density at radius 3 is 2.88 bits per heavy atom. The lowest BCUT2D eigenvalue weighted by Gasteiger charge is -2.17. The van der Waals surface area contributed by atoms with Crippen LogP contribution in [0.15, 0.2) is 29.2 Å². The number of fused-ring (bicyclic) bond motifs is 1. The largest absolute Gasteiger partial charge is 0.327 e. The van der Waals surface area contributed by atoms with E-state index in [1.165, 1.54) is 29.1 Å². The van der Waals surface area contributed by atoms with Crippen LogP contribution in [0, 0.1) is 5.92 Å². The van der Waals surface area contributed by atoms with E-state index in [1.807, 2.05) is 11.8 Å². The van der Waals surface area contributed by atoms with Crippen molar-refractivity contribution >= 4 is 23.5 Å². The standard InChI is InChI=1S/C13H17NS2/c14-12-8-15-7-10(12)6-11-5-9-3-1-2-4-13(9)16-11/h1-4,10-12H,5-8,14H2. The molecule has 1 aromatic carbocycles. The molecule has 2 aliphatic heterocycles. The average molecular weight is 251 g/mol. The molecule has 86 valence electrons. The predicted molar refractivity (Wildman–Crippen MR) is 73.2 cm³/mol. The minimum absolute atomic E-state index is 0.439. The molecular weight excluding hydrogens is 234 g/mol. The van der Waals surface area contributed by atoms with Gasteiger partial charge < -0.3 is 5.73 Å². The zero-order valence-electron chi connectivity index (χ0n) is 9.26. The van der Waals surface area contributed by atoms with Crippen LogP contribution in [0.4, 0.5) is 0 Å². The summed E-state index contributed by atoms with van der Waals surface area (Å²) in [5.41, 5.74) is 7.67. The number of hydrogen-bond acceptors (Lipinski definition) is 3. The summed E-state index contributed by atoms with van der Waals surface area (Å²) in [6.07, 6.45) is 2.54. The average Bonchev–Trinajstić information content (AvgIpc) is 2.85. The fraction of sp³-hybridized carbons (Fsp3) is 0.538. The summed E-state index contributed by atoms with van der Waals surface area (Å²) in [5.74, 6) is 3.18. The summed E-state index contributed by atoms with van der Waals surface area (Å²) in [6.45, 7) is 0. The second kappa shape index (κ2) is 4.63. The smallest absolute Gasteiger partial charge is 0.0167 e. The van der Waals surface area contributed by atoms with Gasteiger partial charge in [0.2, 0.25) is 0 Å². The quantitative estimate of drug-likeness (QED) is 0.875. The van der Waals surface area contributed by atoms with E-state index in [2.05, 4.69) is 36.0 Å². The second-order valence-electron chi connectivity index (χ2n) is 4.75. The highest BCUT2D eigenvalue weighted by molar-refractivity contribution is 8.00. The van der Waals surface area contributed by atoms with Gasteiger partial charge in [-0.05, 0) is 36.1 Å². The van der Waals surface area contributed by atoms with Gasteiger partial charge in [-0.2, -0.15) is 11.8 Å². The van der Waals surface area contributed by atoms with E-state index in [-0.39, 0.29) is 0 Å². The molecule has 3 atom stereocenters. The van der Waals surface area contributed by atoms with Crippen molar-refractivity contribution in [2.45, 2.75) is 29.0 Å². The minimum Gasteiger partial charge on any atom is -0.327 e. The molecule has 3 unspecified atom stereocenters. The van der Waals surface area contributed by atoms with Crippen LogP contribution in [-0.2, 0) is 6.42 Å². The predicted octanol–water partition coefficient (Wildman–Crippen LogP) is 2.78. The van der Waals surface area contributed by atoms with Crippen LogP contribution in [0.5, 0.6) is 0 Å². The molecule has 0 saturated carbocycles. The van der Waals surface area contributed by atoms with E-state index in [1.54, 1.807) is 0 Å². The number of benzene rings is 1. The molecule has 0 amide bonds. The van der Waals surface area contributed by atoms with Crippen molar-refractivity contribution in [1.82, 2.24) is 0 Å². The molecule has 0 bridgehead atoms. The summed E-state index contributed by atoms with van der Waals surface area (Å²) < 4.78 is 0. The summed E-state index contributed by atoms with van der Waals surface area (Å²) >= 11 is 4.08. The molecule has 0 spiro atoms. The maximum absolute atomic E-state index is 6.13. The zero-order valence-corrected chi connectivity index (χ0v) is 10.9. The van der Waals surface area contributed by atoms with Gasteiger partial charge in [-0.1, -0.05) is 18.2 Å². The topological polar surface area (TPSA) is 26.0 Å². The van der Waals surface area contributed by atoms with E-state index in [4.69, 9.17) is 5.73 Å². The van der Waals surface area contributed by atoms with Gasteiger partial charge in [0.25, 0.3) is 0 Å². The van der Waals surface area contributed by atoms with Crippen LogP contribution in [0.3, 0.4) is 0 Å². The van der Waals surface area contributed by atoms with E-state index in [9.17, 15) is 0 Å². The van der Waals surface area contributed by atoms with Gasteiger partial charge in [-0.15, -0.1) is 11.8 Å². The lowest BCUT2D eigenvalue weighted by atomic mass is 9.96. The third kappa shape index (κ3) is 2.13. The van der Waals surface area contributed by atoms with Gasteiger partial charge in [0, 0.05) is 21.9 Å². The molecule has 3 heteroatoms. The first kappa shape index (κ1) is 11.0. The monoisotopic (exact) mass is 251 g/mol. The van der Waals surface area contributed by atoms with Crippen molar-refractivity contribution in [3.05, 3.63) is 29.8 Å². The van der Waals surface area contributed by atoms with Crippen LogP contribution >= 0.6 is 23.5 Å². The Kier molecular flexibility index (Phi) is 3.18. The third-order valence-corrected chi connectivity index (χ3v) is 6.16. The molecule has 1 aromatic rings. The van der Waals surface area contributed by atoms with Crippen LogP contribution in [-0.4, -0.2) is 22.8 Å². The van der Waals surface area contributed by atoms with Crippen LogP contribution in [0.1, 0.15) is 12.0 Å². The Balaban J connectivity index is 1.63. The highest BCUT2D eigenvalue weighted by Gasteiger charge is 2.30. The molecule has 0 aromatic heterocycles. The van der Waals surface area contributed by atoms with Crippen molar-refractivity contribution in [3.8, 4) is 0 Å². The van der Waals surface area contributed by atoms with Crippen LogP contribution in [0.25, 0.3) is 0 Å². The Hall–Kier alpha value is -0.120. The third-order valence-electron chi connectivity index (χ3n) is 3.53.